The first kappa shape index (κ1) is 16.4. The van der Waals surface area contributed by atoms with E-state index >= 15 is 0 Å². The fourth-order valence-corrected chi connectivity index (χ4v) is 4.02. The van der Waals surface area contributed by atoms with E-state index in [2.05, 4.69) is 32.3 Å². The minimum absolute atomic E-state index is 0.271. The molecule has 130 valence electrons. The Balaban J connectivity index is 1.44. The highest BCUT2D eigenvalue weighted by Crippen LogP contribution is 2.28. The maximum absolute atomic E-state index is 6.02. The first-order valence-electron chi connectivity index (χ1n) is 8.40. The minimum atomic E-state index is 0.271. The summed E-state index contributed by atoms with van der Waals surface area (Å²) in [6.07, 6.45) is 1.86. The van der Waals surface area contributed by atoms with Crippen LogP contribution < -0.4 is 0 Å². The van der Waals surface area contributed by atoms with E-state index in [0.717, 1.165) is 30.3 Å². The second kappa shape index (κ2) is 7.43. The first-order valence-corrected chi connectivity index (χ1v) is 9.28. The minimum Gasteiger partial charge on any atom is -0.376 e. The zero-order valence-electron chi connectivity index (χ0n) is 14.2. The van der Waals surface area contributed by atoms with Crippen LogP contribution >= 0.6 is 11.3 Å². The Morgan fingerprint density at radius 3 is 2.96 bits per heavy atom. The van der Waals surface area contributed by atoms with Crippen molar-refractivity contribution in [3.63, 3.8) is 0 Å². The maximum atomic E-state index is 6.02. The van der Waals surface area contributed by atoms with Crippen molar-refractivity contribution >= 4 is 11.3 Å². The van der Waals surface area contributed by atoms with Crippen LogP contribution in [0.5, 0.6) is 0 Å². The van der Waals surface area contributed by atoms with E-state index in [9.17, 15) is 0 Å². The van der Waals surface area contributed by atoms with Crippen molar-refractivity contribution in [3.8, 4) is 0 Å². The number of nitrogens with zero attached hydrogens (tertiary/aromatic N) is 5. The smallest absolute Gasteiger partial charge is 0.107 e. The Bertz CT molecular complexity index is 802. The van der Waals surface area contributed by atoms with Gasteiger partial charge in [-0.25, -0.2) is 4.98 Å². The zero-order valence-corrected chi connectivity index (χ0v) is 15.0. The highest BCUT2D eigenvalue weighted by molar-refractivity contribution is 7.09. The van der Waals surface area contributed by atoms with Gasteiger partial charge in [0, 0.05) is 37.6 Å². The van der Waals surface area contributed by atoms with Crippen LogP contribution in [0.4, 0.5) is 0 Å². The van der Waals surface area contributed by atoms with Gasteiger partial charge >= 0.3 is 0 Å². The molecule has 0 saturated carbocycles. The molecular formula is C18H21N5OS. The van der Waals surface area contributed by atoms with Crippen molar-refractivity contribution in [1.29, 1.82) is 0 Å². The molecule has 1 aliphatic rings. The molecule has 3 heterocycles. The number of fused-ring (bicyclic) bond motifs is 1. The maximum Gasteiger partial charge on any atom is 0.107 e. The Kier molecular flexibility index (Phi) is 4.87. The molecule has 0 saturated heterocycles. The van der Waals surface area contributed by atoms with Gasteiger partial charge in [0.05, 0.1) is 25.5 Å². The molecule has 0 radical (unpaired) electrons. The number of aryl methyl sites for hydroxylation is 1. The van der Waals surface area contributed by atoms with Crippen LogP contribution in [0.25, 0.3) is 0 Å². The summed E-state index contributed by atoms with van der Waals surface area (Å²) in [5.74, 6) is 0.271. The molecule has 25 heavy (non-hydrogen) atoms. The summed E-state index contributed by atoms with van der Waals surface area (Å²) in [4.78, 5) is 6.78. The van der Waals surface area contributed by atoms with Crippen LogP contribution in [0.3, 0.4) is 0 Å². The van der Waals surface area contributed by atoms with Crippen molar-refractivity contribution < 1.29 is 4.74 Å². The molecule has 0 unspecified atom stereocenters. The number of aromatic nitrogens is 4. The third kappa shape index (κ3) is 3.78. The lowest BCUT2D eigenvalue weighted by Gasteiger charge is -2.31. The molecule has 0 spiro atoms. The number of rotatable bonds is 6. The Morgan fingerprint density at radius 2 is 2.16 bits per heavy atom. The van der Waals surface area contributed by atoms with Crippen molar-refractivity contribution in [2.45, 2.75) is 25.6 Å². The van der Waals surface area contributed by atoms with Crippen LogP contribution in [-0.4, -0.2) is 38.0 Å². The highest BCUT2D eigenvalue weighted by atomic mass is 32.1. The van der Waals surface area contributed by atoms with Crippen LogP contribution in [0.15, 0.2) is 41.9 Å². The molecule has 1 atom stereocenters. The number of hydrogen-bond donors (Lipinski definition) is 0. The van der Waals surface area contributed by atoms with E-state index in [0.29, 0.717) is 13.2 Å². The van der Waals surface area contributed by atoms with Gasteiger partial charge in [0.15, 0.2) is 0 Å². The standard InChI is InChI=1S/C18H21N5OS/c1-22-18-15(13-24-12-14-5-3-2-4-6-14)9-23(10-16(18)20-21-22)11-17-19-7-8-25-17/h2-8,15H,9-13H2,1H3/t15-/m1/s1. The third-order valence-electron chi connectivity index (χ3n) is 4.46. The van der Waals surface area contributed by atoms with Gasteiger partial charge < -0.3 is 4.74 Å². The zero-order chi connectivity index (χ0) is 17.1. The molecule has 0 N–H and O–H groups in total. The lowest BCUT2D eigenvalue weighted by molar-refractivity contribution is 0.0829. The molecule has 0 bridgehead atoms. The average molecular weight is 355 g/mol. The fraction of sp³-hybridized carbons (Fsp3) is 0.389. The first-order chi connectivity index (χ1) is 12.3. The summed E-state index contributed by atoms with van der Waals surface area (Å²) < 4.78 is 7.91. The molecule has 4 rings (SSSR count). The lowest BCUT2D eigenvalue weighted by atomic mass is 9.99. The van der Waals surface area contributed by atoms with Gasteiger partial charge in [-0.3, -0.25) is 9.58 Å². The van der Waals surface area contributed by atoms with E-state index in [1.54, 1.807) is 11.3 Å². The number of ether oxygens (including phenoxy) is 1. The number of benzene rings is 1. The Labute approximate surface area is 151 Å². The van der Waals surface area contributed by atoms with E-state index in [1.807, 2.05) is 41.5 Å². The van der Waals surface area contributed by atoms with E-state index < -0.39 is 0 Å². The predicted molar refractivity (Wildman–Crippen MR) is 96.1 cm³/mol. The van der Waals surface area contributed by atoms with Gasteiger partial charge in [0.1, 0.15) is 10.7 Å². The summed E-state index contributed by atoms with van der Waals surface area (Å²) in [6.45, 7) is 3.89. The molecule has 7 heteroatoms. The molecule has 0 aliphatic carbocycles. The molecule has 0 amide bonds. The van der Waals surface area contributed by atoms with E-state index in [4.69, 9.17) is 4.74 Å². The molecule has 6 nitrogen and oxygen atoms in total. The second-order valence-corrected chi connectivity index (χ2v) is 7.32. The normalized spacial score (nSPS) is 17.6. The monoisotopic (exact) mass is 355 g/mol. The molecule has 1 aromatic carbocycles. The van der Waals surface area contributed by atoms with Gasteiger partial charge in [-0.05, 0) is 5.56 Å². The van der Waals surface area contributed by atoms with Crippen LogP contribution in [0.2, 0.25) is 0 Å². The second-order valence-electron chi connectivity index (χ2n) is 6.34. The Morgan fingerprint density at radius 1 is 1.28 bits per heavy atom. The van der Waals surface area contributed by atoms with Gasteiger partial charge in [-0.1, -0.05) is 35.5 Å². The quantitative estimate of drug-likeness (QED) is 0.680. The van der Waals surface area contributed by atoms with Crippen molar-refractivity contribution in [3.05, 3.63) is 63.9 Å². The average Bonchev–Trinajstić information content (AvgIpc) is 3.26. The summed E-state index contributed by atoms with van der Waals surface area (Å²) >= 11 is 1.69. The van der Waals surface area contributed by atoms with Crippen LogP contribution in [0, 0.1) is 0 Å². The lowest BCUT2D eigenvalue weighted by Crippen LogP contribution is -2.36. The molecule has 1 aliphatic heterocycles. The van der Waals surface area contributed by atoms with Crippen LogP contribution in [0.1, 0.15) is 27.9 Å². The molecule has 2 aromatic heterocycles. The molecular weight excluding hydrogens is 334 g/mol. The topological polar surface area (TPSA) is 56.1 Å². The SMILES string of the molecule is Cn1nnc2c1[C@@H](COCc1ccccc1)CN(Cc1nccs1)C2. The van der Waals surface area contributed by atoms with Gasteiger partial charge in [0.25, 0.3) is 0 Å². The van der Waals surface area contributed by atoms with Gasteiger partial charge in [0.2, 0.25) is 0 Å². The molecule has 0 fully saturated rings. The summed E-state index contributed by atoms with van der Waals surface area (Å²) in [5.41, 5.74) is 3.45. The van der Waals surface area contributed by atoms with E-state index in [1.165, 1.54) is 11.3 Å². The Hall–Kier alpha value is -2.09. The highest BCUT2D eigenvalue weighted by Gasteiger charge is 2.30. The predicted octanol–water partition coefficient (Wildman–Crippen LogP) is 2.59. The largest absolute Gasteiger partial charge is 0.376 e. The summed E-state index contributed by atoms with van der Waals surface area (Å²) in [7, 11) is 1.96. The molecule has 3 aromatic rings. The summed E-state index contributed by atoms with van der Waals surface area (Å²) in [5, 5.41) is 11.7. The number of thiazole rings is 1. The fourth-order valence-electron chi connectivity index (χ4n) is 3.36. The van der Waals surface area contributed by atoms with Crippen molar-refractivity contribution in [2.75, 3.05) is 13.2 Å². The number of hydrogen-bond acceptors (Lipinski definition) is 6. The van der Waals surface area contributed by atoms with Crippen molar-refractivity contribution in [2.24, 2.45) is 7.05 Å². The van der Waals surface area contributed by atoms with Gasteiger partial charge in [-0.15, -0.1) is 16.4 Å². The van der Waals surface area contributed by atoms with Gasteiger partial charge in [-0.2, -0.15) is 0 Å². The third-order valence-corrected chi connectivity index (χ3v) is 5.22. The summed E-state index contributed by atoms with van der Waals surface area (Å²) in [6, 6.07) is 10.3. The van der Waals surface area contributed by atoms with Crippen molar-refractivity contribution in [1.82, 2.24) is 24.9 Å². The van der Waals surface area contributed by atoms with E-state index in [-0.39, 0.29) is 5.92 Å². The van der Waals surface area contributed by atoms with Crippen LogP contribution in [-0.2, 0) is 31.5 Å².